The molecule has 0 bridgehead atoms. The molecular weight excluding hydrogens is 386 g/mol. The molecule has 2 aliphatic carbocycles. The van der Waals surface area contributed by atoms with Gasteiger partial charge in [0, 0.05) is 19.4 Å². The molecule has 1 saturated heterocycles. The number of carboxylic acid groups (broad SMARTS) is 1. The van der Waals surface area contributed by atoms with Gasteiger partial charge in [-0.2, -0.15) is 0 Å². The predicted octanol–water partition coefficient (Wildman–Crippen LogP) is 2.70. The molecule has 0 unspecified atom stereocenters. The monoisotopic (exact) mass is 419 g/mol. The number of aliphatic hydroxyl groups excluding tert-OH is 1. The number of carbonyl (C=O) groups is 3. The topological polar surface area (TPSA) is 115 Å². The van der Waals surface area contributed by atoms with E-state index in [1.807, 2.05) is 6.92 Å². The Bertz CT molecular complexity index is 800. The minimum Gasteiger partial charge on any atom is -0.511 e. The molecule has 0 radical (unpaired) electrons. The lowest BCUT2D eigenvalue weighted by Crippen LogP contribution is -2.49. The van der Waals surface area contributed by atoms with Crippen molar-refractivity contribution in [1.82, 2.24) is 4.90 Å². The molecule has 6 atom stereocenters. The fourth-order valence-corrected chi connectivity index (χ4v) is 5.42. The number of likely N-dealkylation sites (tertiary alicyclic amines) is 1. The molecule has 1 amide bonds. The number of likely N-dealkylation sites (N-methyl/N-ethyl adjacent to an activating group) is 1. The number of Topliss-reactive ketones (excluding diaryl/α,β-unsaturated/α-hetero) is 1. The summed E-state index contributed by atoms with van der Waals surface area (Å²) in [7, 11) is 1.42. The Morgan fingerprint density at radius 3 is 2.43 bits per heavy atom. The third-order valence-electron chi connectivity index (χ3n) is 7.52. The molecule has 3 N–H and O–H groups in total. The number of allylic oxidation sites excluding steroid dienone is 3. The van der Waals surface area contributed by atoms with Gasteiger partial charge in [0.05, 0.1) is 6.04 Å². The highest BCUT2D eigenvalue weighted by atomic mass is 16.4. The van der Waals surface area contributed by atoms with E-state index in [4.69, 9.17) is 0 Å². The molecule has 0 aromatic rings. The van der Waals surface area contributed by atoms with Crippen LogP contribution in [-0.2, 0) is 14.4 Å². The Kier molecular flexibility index (Phi) is 6.14. The predicted molar refractivity (Wildman–Crippen MR) is 111 cm³/mol. The zero-order chi connectivity index (χ0) is 22.4. The van der Waals surface area contributed by atoms with Crippen molar-refractivity contribution in [2.75, 3.05) is 7.05 Å². The fourth-order valence-electron chi connectivity index (χ4n) is 5.42. The van der Waals surface area contributed by atoms with Crippen molar-refractivity contribution in [1.29, 1.82) is 0 Å². The second-order valence-electron chi connectivity index (χ2n) is 9.53. The molecular formula is C23H33NO6. The Balaban J connectivity index is 1.97. The Morgan fingerprint density at radius 1 is 1.20 bits per heavy atom. The van der Waals surface area contributed by atoms with Gasteiger partial charge in [-0.1, -0.05) is 45.8 Å². The second-order valence-corrected chi connectivity index (χ2v) is 9.53. The highest BCUT2D eigenvalue weighted by Crippen LogP contribution is 2.46. The van der Waals surface area contributed by atoms with E-state index in [2.05, 4.69) is 12.2 Å². The summed E-state index contributed by atoms with van der Waals surface area (Å²) in [6.45, 7) is 5.10. The molecule has 1 saturated carbocycles. The average Bonchev–Trinajstić information content (AvgIpc) is 2.90. The molecule has 0 spiro atoms. The highest BCUT2D eigenvalue weighted by molar-refractivity contribution is 6.26. The number of ketones is 1. The zero-order valence-electron chi connectivity index (χ0n) is 18.2. The third-order valence-corrected chi connectivity index (χ3v) is 7.52. The van der Waals surface area contributed by atoms with Crippen molar-refractivity contribution < 1.29 is 29.7 Å². The number of carboxylic acids is 1. The van der Waals surface area contributed by atoms with Crippen LogP contribution in [0.5, 0.6) is 0 Å². The normalized spacial score (nSPS) is 35.4. The Labute approximate surface area is 177 Å². The molecule has 0 aromatic heterocycles. The van der Waals surface area contributed by atoms with Crippen molar-refractivity contribution in [3.8, 4) is 0 Å². The summed E-state index contributed by atoms with van der Waals surface area (Å²) < 4.78 is 0. The van der Waals surface area contributed by atoms with Gasteiger partial charge in [-0.05, 0) is 36.5 Å². The largest absolute Gasteiger partial charge is 0.511 e. The molecule has 1 heterocycles. The molecule has 0 aromatic carbocycles. The fraction of sp³-hybridized carbons (Fsp3) is 0.696. The zero-order valence-corrected chi connectivity index (χ0v) is 18.2. The van der Waals surface area contributed by atoms with E-state index in [1.54, 1.807) is 13.8 Å². The summed E-state index contributed by atoms with van der Waals surface area (Å²) in [5, 5.41) is 31.3. The van der Waals surface area contributed by atoms with Crippen molar-refractivity contribution in [2.45, 2.75) is 64.5 Å². The number of hydrogen-bond donors (Lipinski definition) is 3. The Hall–Kier alpha value is -2.15. The summed E-state index contributed by atoms with van der Waals surface area (Å²) >= 11 is 0. The maximum Gasteiger partial charge on any atom is 0.336 e. The summed E-state index contributed by atoms with van der Waals surface area (Å²) in [6.07, 6.45) is 8.02. The number of rotatable bonds is 5. The lowest BCUT2D eigenvalue weighted by molar-refractivity contribution is -0.166. The highest BCUT2D eigenvalue weighted by Gasteiger charge is 2.52. The van der Waals surface area contributed by atoms with Gasteiger partial charge in [0.25, 0.3) is 5.91 Å². The number of carbonyl (C=O) groups excluding carboxylic acids is 2. The minimum atomic E-state index is -2.14. The van der Waals surface area contributed by atoms with E-state index in [-0.39, 0.29) is 29.1 Å². The molecule has 30 heavy (non-hydrogen) atoms. The van der Waals surface area contributed by atoms with E-state index in [0.29, 0.717) is 5.92 Å². The lowest BCUT2D eigenvalue weighted by Gasteiger charge is -2.41. The number of hydrogen-bond acceptors (Lipinski definition) is 5. The van der Waals surface area contributed by atoms with Crippen LogP contribution in [0, 0.1) is 29.6 Å². The van der Waals surface area contributed by atoms with Crippen LogP contribution in [0.25, 0.3) is 0 Å². The average molecular weight is 420 g/mol. The van der Waals surface area contributed by atoms with Crippen LogP contribution < -0.4 is 0 Å². The van der Waals surface area contributed by atoms with Crippen molar-refractivity contribution in [2.24, 2.45) is 29.6 Å². The maximum atomic E-state index is 13.2. The Morgan fingerprint density at radius 2 is 1.83 bits per heavy atom. The van der Waals surface area contributed by atoms with Crippen LogP contribution >= 0.6 is 0 Å². The first kappa shape index (κ1) is 22.5. The first-order chi connectivity index (χ1) is 14.0. The second kappa shape index (κ2) is 8.17. The van der Waals surface area contributed by atoms with Crippen LogP contribution in [0.2, 0.25) is 0 Å². The van der Waals surface area contributed by atoms with Gasteiger partial charge < -0.3 is 20.2 Å². The van der Waals surface area contributed by atoms with E-state index < -0.39 is 41.6 Å². The van der Waals surface area contributed by atoms with Crippen LogP contribution in [0.3, 0.4) is 0 Å². The smallest absolute Gasteiger partial charge is 0.336 e. The van der Waals surface area contributed by atoms with Gasteiger partial charge in [0.2, 0.25) is 0 Å². The summed E-state index contributed by atoms with van der Waals surface area (Å²) in [5.41, 5.74) is -2.38. The SMILES string of the molecule is CC(C)[C@@](O)(C[C@H]1C(=O)/C(=C(\O)[C@H]2[C@@H]3CCCC[C@H]3C=C[C@H]2C)C(=O)N1C)C(=O)O. The number of aliphatic carboxylic acids is 1. The summed E-state index contributed by atoms with van der Waals surface area (Å²) in [4.78, 5) is 39.0. The number of nitrogens with zero attached hydrogens (tertiary/aromatic N) is 1. The van der Waals surface area contributed by atoms with Crippen LogP contribution in [-0.4, -0.2) is 56.6 Å². The van der Waals surface area contributed by atoms with Crippen molar-refractivity contribution in [3.63, 3.8) is 0 Å². The number of fused-ring (bicyclic) bond motifs is 1. The molecule has 3 aliphatic rings. The minimum absolute atomic E-state index is 0.00609. The third kappa shape index (κ3) is 3.57. The van der Waals surface area contributed by atoms with Crippen LogP contribution in [0.4, 0.5) is 0 Å². The van der Waals surface area contributed by atoms with Gasteiger partial charge in [0.15, 0.2) is 11.4 Å². The summed E-state index contributed by atoms with van der Waals surface area (Å²) in [6, 6.07) is -1.12. The van der Waals surface area contributed by atoms with Crippen LogP contribution in [0.15, 0.2) is 23.5 Å². The van der Waals surface area contributed by atoms with E-state index >= 15 is 0 Å². The standard InChI is InChI=1S/C23H33NO6/c1-12(2)23(30,22(28)29)11-16-19(25)18(21(27)24(16)4)20(26)17-13(3)9-10-14-7-5-6-8-15(14)17/h9-10,12-17,26,30H,5-8,11H2,1-4H3,(H,28,29)/b20-18+/t13-,14+,15-,16+,17-,23+/m1/s1. The lowest BCUT2D eigenvalue weighted by atomic mass is 9.64. The number of amides is 1. The van der Waals surface area contributed by atoms with Gasteiger partial charge in [-0.15, -0.1) is 0 Å². The molecule has 2 fully saturated rings. The van der Waals surface area contributed by atoms with E-state index in [9.17, 15) is 29.7 Å². The van der Waals surface area contributed by atoms with E-state index in [0.717, 1.165) is 30.6 Å². The first-order valence-electron chi connectivity index (χ1n) is 10.9. The molecule has 7 heteroatoms. The molecule has 3 rings (SSSR count). The van der Waals surface area contributed by atoms with E-state index in [1.165, 1.54) is 7.05 Å². The van der Waals surface area contributed by atoms with Gasteiger partial charge in [-0.3, -0.25) is 9.59 Å². The molecule has 7 nitrogen and oxygen atoms in total. The van der Waals surface area contributed by atoms with Gasteiger partial charge in [0.1, 0.15) is 11.3 Å². The first-order valence-corrected chi connectivity index (χ1v) is 10.9. The number of aliphatic hydroxyl groups is 2. The van der Waals surface area contributed by atoms with Gasteiger partial charge >= 0.3 is 5.97 Å². The summed E-state index contributed by atoms with van der Waals surface area (Å²) in [5.74, 6) is -3.25. The molecule has 166 valence electrons. The van der Waals surface area contributed by atoms with Crippen molar-refractivity contribution in [3.05, 3.63) is 23.5 Å². The quantitative estimate of drug-likeness (QED) is 0.273. The van der Waals surface area contributed by atoms with Crippen molar-refractivity contribution >= 4 is 17.7 Å². The van der Waals surface area contributed by atoms with Crippen LogP contribution in [0.1, 0.15) is 52.9 Å². The molecule has 1 aliphatic heterocycles. The van der Waals surface area contributed by atoms with Gasteiger partial charge in [-0.25, -0.2) is 4.79 Å². The maximum absolute atomic E-state index is 13.2.